The van der Waals surface area contributed by atoms with Crippen LogP contribution in [0, 0.1) is 5.92 Å². The Morgan fingerprint density at radius 1 is 1.14 bits per heavy atom. The fourth-order valence-corrected chi connectivity index (χ4v) is 3.34. The third-order valence-electron chi connectivity index (χ3n) is 5.07. The number of hydrogen-bond acceptors (Lipinski definition) is 5. The first-order valence-corrected chi connectivity index (χ1v) is 9.22. The van der Waals surface area contributed by atoms with Crippen molar-refractivity contribution in [3.8, 4) is 11.3 Å². The lowest BCUT2D eigenvalue weighted by molar-refractivity contribution is -0.142. The van der Waals surface area contributed by atoms with Crippen LogP contribution in [0.5, 0.6) is 0 Å². The second-order valence-electron chi connectivity index (χ2n) is 6.85. The Morgan fingerprint density at radius 3 is 2.36 bits per heavy atom. The van der Waals surface area contributed by atoms with Crippen LogP contribution in [0.4, 0.5) is 0 Å². The van der Waals surface area contributed by atoms with Gasteiger partial charge in [-0.05, 0) is 42.5 Å². The zero-order chi connectivity index (χ0) is 19.2. The van der Waals surface area contributed by atoms with Crippen LogP contribution in [-0.2, 0) is 16.1 Å². The highest BCUT2D eigenvalue weighted by Crippen LogP contribution is 2.23. The maximum atomic E-state index is 12.7. The summed E-state index contributed by atoms with van der Waals surface area (Å²) in [6.45, 7) is 1.81. The summed E-state index contributed by atoms with van der Waals surface area (Å²) < 4.78 is 4.73. The first-order chi connectivity index (χ1) is 13.1. The van der Waals surface area contributed by atoms with Crippen molar-refractivity contribution < 1.29 is 14.3 Å². The average Bonchev–Trinajstić information content (AvgIpc) is 2.74. The van der Waals surface area contributed by atoms with Crippen LogP contribution in [0.2, 0.25) is 0 Å². The van der Waals surface area contributed by atoms with Crippen molar-refractivity contribution in [1.82, 2.24) is 9.88 Å². The van der Waals surface area contributed by atoms with Gasteiger partial charge in [-0.25, -0.2) is 0 Å². The van der Waals surface area contributed by atoms with Crippen LogP contribution in [0.1, 0.15) is 35.2 Å². The van der Waals surface area contributed by atoms with Crippen LogP contribution < -0.4 is 5.73 Å². The second kappa shape index (κ2) is 10.2. The van der Waals surface area contributed by atoms with Gasteiger partial charge in [0.2, 0.25) is 0 Å². The van der Waals surface area contributed by atoms with Gasteiger partial charge in [-0.2, -0.15) is 0 Å². The number of aromatic nitrogens is 1. The molecule has 0 unspecified atom stereocenters. The Bertz CT molecular complexity index is 786. The Hall–Kier alpha value is -2.44. The van der Waals surface area contributed by atoms with Gasteiger partial charge in [-0.3, -0.25) is 14.6 Å². The molecule has 1 aliphatic rings. The molecule has 1 amide bonds. The number of rotatable bonds is 5. The number of likely N-dealkylation sites (tertiary alicyclic amines) is 1. The number of carbonyl (C=O) groups is 2. The predicted molar refractivity (Wildman–Crippen MR) is 110 cm³/mol. The van der Waals surface area contributed by atoms with Crippen molar-refractivity contribution in [2.24, 2.45) is 11.7 Å². The summed E-state index contributed by atoms with van der Waals surface area (Å²) in [4.78, 5) is 30.4. The smallest absolute Gasteiger partial charge is 0.305 e. The summed E-state index contributed by atoms with van der Waals surface area (Å²) in [6.07, 6.45) is 3.86. The minimum Gasteiger partial charge on any atom is -0.469 e. The molecule has 1 aromatic carbocycles. The standard InChI is InChI=1S/C21H25N3O3.ClH/c1-27-20(25)12-15-8-10-24(11-9-15)21(26)18-5-3-17(4-6-18)19-7-2-16(13-22)14-23-19;/h2-7,14-15H,8-13,22H2,1H3;1H. The number of methoxy groups -OCH3 is 1. The number of piperidine rings is 1. The van der Waals surface area contributed by atoms with Crippen molar-refractivity contribution in [2.75, 3.05) is 20.2 Å². The van der Waals surface area contributed by atoms with E-state index < -0.39 is 0 Å². The molecular weight excluding hydrogens is 378 g/mol. The number of ether oxygens (including phenoxy) is 1. The Kier molecular flexibility index (Phi) is 7.96. The van der Waals surface area contributed by atoms with E-state index in [4.69, 9.17) is 10.5 Å². The molecule has 1 aliphatic heterocycles. The van der Waals surface area contributed by atoms with Gasteiger partial charge in [0.25, 0.3) is 5.91 Å². The number of esters is 1. The van der Waals surface area contributed by atoms with Crippen LogP contribution >= 0.6 is 12.4 Å². The van der Waals surface area contributed by atoms with Gasteiger partial charge >= 0.3 is 5.97 Å². The molecule has 0 radical (unpaired) electrons. The Balaban J connectivity index is 0.00000280. The molecule has 0 spiro atoms. The van der Waals surface area contributed by atoms with Crippen LogP contribution in [0.15, 0.2) is 42.6 Å². The second-order valence-corrected chi connectivity index (χ2v) is 6.85. The number of nitrogens with two attached hydrogens (primary N) is 1. The van der Waals surface area contributed by atoms with E-state index in [-0.39, 0.29) is 24.3 Å². The lowest BCUT2D eigenvalue weighted by Crippen LogP contribution is -2.38. The number of pyridine rings is 1. The van der Waals surface area contributed by atoms with Gasteiger partial charge in [-0.15, -0.1) is 12.4 Å². The summed E-state index contributed by atoms with van der Waals surface area (Å²) in [6, 6.07) is 11.4. The fourth-order valence-electron chi connectivity index (χ4n) is 3.34. The van der Waals surface area contributed by atoms with Crippen molar-refractivity contribution in [1.29, 1.82) is 0 Å². The van der Waals surface area contributed by atoms with Crippen molar-refractivity contribution in [3.63, 3.8) is 0 Å². The quantitative estimate of drug-likeness (QED) is 0.775. The molecular formula is C21H26ClN3O3. The van der Waals surface area contributed by atoms with Crippen molar-refractivity contribution in [2.45, 2.75) is 25.8 Å². The lowest BCUT2D eigenvalue weighted by atomic mass is 9.93. The van der Waals surface area contributed by atoms with Gasteiger partial charge in [0.15, 0.2) is 0 Å². The van der Waals surface area contributed by atoms with Gasteiger partial charge in [0, 0.05) is 43.4 Å². The van der Waals surface area contributed by atoms with Gasteiger partial charge < -0.3 is 15.4 Å². The highest BCUT2D eigenvalue weighted by Gasteiger charge is 2.25. The molecule has 0 atom stereocenters. The number of amides is 1. The normalized spacial score (nSPS) is 14.3. The first kappa shape index (κ1) is 21.9. The molecule has 2 aromatic rings. The maximum absolute atomic E-state index is 12.7. The summed E-state index contributed by atoms with van der Waals surface area (Å²) >= 11 is 0. The van der Waals surface area contributed by atoms with Crippen molar-refractivity contribution >= 4 is 24.3 Å². The zero-order valence-corrected chi connectivity index (χ0v) is 16.8. The lowest BCUT2D eigenvalue weighted by Gasteiger charge is -2.31. The van der Waals surface area contributed by atoms with E-state index in [0.29, 0.717) is 37.5 Å². The Morgan fingerprint density at radius 2 is 1.82 bits per heavy atom. The largest absolute Gasteiger partial charge is 0.469 e. The molecule has 2 heterocycles. The van der Waals surface area contributed by atoms with E-state index in [1.165, 1.54) is 7.11 Å². The SMILES string of the molecule is COC(=O)CC1CCN(C(=O)c2ccc(-c3ccc(CN)cn3)cc2)CC1.Cl. The molecule has 1 aromatic heterocycles. The molecule has 0 saturated carbocycles. The van der Waals surface area contributed by atoms with E-state index in [1.807, 2.05) is 41.3 Å². The van der Waals surface area contributed by atoms with E-state index in [9.17, 15) is 9.59 Å². The molecule has 28 heavy (non-hydrogen) atoms. The van der Waals surface area contributed by atoms with Crippen LogP contribution in [0.25, 0.3) is 11.3 Å². The highest BCUT2D eigenvalue weighted by molar-refractivity contribution is 5.94. The van der Waals surface area contributed by atoms with Gasteiger partial charge in [0.05, 0.1) is 12.8 Å². The van der Waals surface area contributed by atoms with Crippen molar-refractivity contribution in [3.05, 3.63) is 53.7 Å². The third-order valence-corrected chi connectivity index (χ3v) is 5.07. The monoisotopic (exact) mass is 403 g/mol. The van der Waals surface area contributed by atoms with E-state index in [2.05, 4.69) is 4.98 Å². The summed E-state index contributed by atoms with van der Waals surface area (Å²) in [5.41, 5.74) is 9.08. The molecule has 2 N–H and O–H groups in total. The van der Waals surface area contributed by atoms with E-state index in [1.54, 1.807) is 6.20 Å². The summed E-state index contributed by atoms with van der Waals surface area (Å²) in [7, 11) is 1.41. The third kappa shape index (κ3) is 5.30. The zero-order valence-electron chi connectivity index (χ0n) is 16.0. The minimum atomic E-state index is -0.177. The average molecular weight is 404 g/mol. The number of halogens is 1. The molecule has 7 heteroatoms. The molecule has 0 aliphatic carbocycles. The molecule has 1 saturated heterocycles. The number of hydrogen-bond donors (Lipinski definition) is 1. The number of nitrogens with zero attached hydrogens (tertiary/aromatic N) is 2. The minimum absolute atomic E-state index is 0. The fraction of sp³-hybridized carbons (Fsp3) is 0.381. The summed E-state index contributed by atoms with van der Waals surface area (Å²) in [5, 5.41) is 0. The van der Waals surface area contributed by atoms with E-state index >= 15 is 0 Å². The van der Waals surface area contributed by atoms with Crippen LogP contribution in [0.3, 0.4) is 0 Å². The molecule has 1 fully saturated rings. The topological polar surface area (TPSA) is 85.5 Å². The van der Waals surface area contributed by atoms with Gasteiger partial charge in [-0.1, -0.05) is 18.2 Å². The Labute approximate surface area is 171 Å². The maximum Gasteiger partial charge on any atom is 0.305 e. The molecule has 150 valence electrons. The molecule has 3 rings (SSSR count). The molecule has 6 nitrogen and oxygen atoms in total. The summed E-state index contributed by atoms with van der Waals surface area (Å²) in [5.74, 6) is 0.152. The van der Waals surface area contributed by atoms with E-state index in [0.717, 1.165) is 29.7 Å². The van der Waals surface area contributed by atoms with Gasteiger partial charge in [0.1, 0.15) is 0 Å². The number of benzene rings is 1. The highest BCUT2D eigenvalue weighted by atomic mass is 35.5. The first-order valence-electron chi connectivity index (χ1n) is 9.22. The van der Waals surface area contributed by atoms with Crippen LogP contribution in [-0.4, -0.2) is 42.0 Å². The number of carbonyl (C=O) groups excluding carboxylic acids is 2. The molecule has 0 bridgehead atoms. The predicted octanol–water partition coefficient (Wildman–Crippen LogP) is 3.04.